The molecule has 0 atom stereocenters. The third-order valence-electron chi connectivity index (χ3n) is 4.17. The molecule has 0 saturated carbocycles. The number of anilines is 2. The van der Waals surface area contributed by atoms with Gasteiger partial charge in [0, 0.05) is 18.1 Å². The Hall–Kier alpha value is -2.25. The Morgan fingerprint density at radius 2 is 1.81 bits per heavy atom. The zero-order valence-electron chi connectivity index (χ0n) is 14.6. The molecule has 2 aromatic rings. The van der Waals surface area contributed by atoms with Gasteiger partial charge in [0.1, 0.15) is 12.4 Å². The van der Waals surface area contributed by atoms with Crippen molar-refractivity contribution >= 4 is 38.9 Å². The molecule has 1 heterocycles. The van der Waals surface area contributed by atoms with Crippen LogP contribution >= 0.6 is 11.6 Å². The largest absolute Gasteiger partial charge is 0.490 e. The van der Waals surface area contributed by atoms with Crippen LogP contribution in [0, 0.1) is 5.41 Å². The number of benzene rings is 2. The highest BCUT2D eigenvalue weighted by Gasteiger charge is 2.36. The van der Waals surface area contributed by atoms with Crippen LogP contribution in [0.4, 0.5) is 11.4 Å². The first kappa shape index (κ1) is 18.5. The van der Waals surface area contributed by atoms with Crippen molar-refractivity contribution in [3.05, 3.63) is 47.5 Å². The fourth-order valence-electron chi connectivity index (χ4n) is 2.68. The molecule has 1 amide bonds. The van der Waals surface area contributed by atoms with E-state index in [1.165, 1.54) is 29.2 Å². The standard InChI is InChI=1S/C18H19ClN2O4S/c1-18(2)11-25-16-10-13(6-9-15(16)21(3)17(18)22)20-26(23,24)14-7-4-12(19)5-8-14/h4-10,20H,11H2,1-3H3. The van der Waals surface area contributed by atoms with E-state index >= 15 is 0 Å². The lowest BCUT2D eigenvalue weighted by atomic mass is 9.93. The summed E-state index contributed by atoms with van der Waals surface area (Å²) in [5.74, 6) is 0.383. The Morgan fingerprint density at radius 1 is 1.15 bits per heavy atom. The van der Waals surface area contributed by atoms with Gasteiger partial charge in [0.2, 0.25) is 5.91 Å². The highest BCUT2D eigenvalue weighted by atomic mass is 35.5. The molecule has 138 valence electrons. The molecular formula is C18H19ClN2O4S. The molecule has 0 spiro atoms. The number of ether oxygens (including phenoxy) is 1. The van der Waals surface area contributed by atoms with Crippen LogP contribution in [0.3, 0.4) is 0 Å². The predicted molar refractivity (Wildman–Crippen MR) is 101 cm³/mol. The normalized spacial score (nSPS) is 16.5. The van der Waals surface area contributed by atoms with Gasteiger partial charge in [-0.15, -0.1) is 0 Å². The first-order valence-corrected chi connectivity index (χ1v) is 9.80. The maximum absolute atomic E-state index is 12.5. The van der Waals surface area contributed by atoms with E-state index in [-0.39, 0.29) is 17.4 Å². The zero-order valence-corrected chi connectivity index (χ0v) is 16.2. The van der Waals surface area contributed by atoms with Crippen molar-refractivity contribution in [2.75, 3.05) is 23.3 Å². The van der Waals surface area contributed by atoms with Crippen LogP contribution in [0.5, 0.6) is 5.75 Å². The van der Waals surface area contributed by atoms with Crippen molar-refractivity contribution in [1.29, 1.82) is 0 Å². The molecule has 0 bridgehead atoms. The lowest BCUT2D eigenvalue weighted by Gasteiger charge is -2.24. The van der Waals surface area contributed by atoms with Gasteiger partial charge < -0.3 is 9.64 Å². The molecule has 0 radical (unpaired) electrons. The lowest BCUT2D eigenvalue weighted by Crippen LogP contribution is -2.39. The van der Waals surface area contributed by atoms with E-state index in [1.54, 1.807) is 25.2 Å². The van der Waals surface area contributed by atoms with E-state index in [1.807, 2.05) is 13.8 Å². The summed E-state index contributed by atoms with van der Waals surface area (Å²) in [7, 11) is -2.08. The summed E-state index contributed by atoms with van der Waals surface area (Å²) in [6.07, 6.45) is 0. The van der Waals surface area contributed by atoms with Gasteiger partial charge in [-0.05, 0) is 50.2 Å². The van der Waals surface area contributed by atoms with Crippen molar-refractivity contribution in [1.82, 2.24) is 0 Å². The van der Waals surface area contributed by atoms with Crippen LogP contribution < -0.4 is 14.4 Å². The smallest absolute Gasteiger partial charge is 0.261 e. The molecule has 3 rings (SSSR count). The minimum Gasteiger partial charge on any atom is -0.490 e. The first-order chi connectivity index (χ1) is 12.1. The summed E-state index contributed by atoms with van der Waals surface area (Å²) in [5.41, 5.74) is 0.269. The summed E-state index contributed by atoms with van der Waals surface area (Å²) in [4.78, 5) is 14.1. The fraction of sp³-hybridized carbons (Fsp3) is 0.278. The van der Waals surface area contributed by atoms with E-state index in [2.05, 4.69) is 4.72 Å². The summed E-state index contributed by atoms with van der Waals surface area (Å²) in [6.45, 7) is 3.82. The molecule has 26 heavy (non-hydrogen) atoms. The lowest BCUT2D eigenvalue weighted by molar-refractivity contribution is -0.127. The van der Waals surface area contributed by atoms with Crippen molar-refractivity contribution in [3.8, 4) is 5.75 Å². The van der Waals surface area contributed by atoms with E-state index < -0.39 is 15.4 Å². The second kappa shape index (κ2) is 6.48. The number of sulfonamides is 1. The zero-order chi connectivity index (χ0) is 19.1. The van der Waals surface area contributed by atoms with E-state index in [0.29, 0.717) is 22.1 Å². The number of hydrogen-bond donors (Lipinski definition) is 1. The fourth-order valence-corrected chi connectivity index (χ4v) is 3.86. The minimum atomic E-state index is -3.76. The molecule has 2 aromatic carbocycles. The van der Waals surface area contributed by atoms with Gasteiger partial charge in [-0.2, -0.15) is 0 Å². The number of rotatable bonds is 3. The van der Waals surface area contributed by atoms with Crippen molar-refractivity contribution < 1.29 is 17.9 Å². The summed E-state index contributed by atoms with van der Waals surface area (Å²) in [5, 5.41) is 0.456. The van der Waals surface area contributed by atoms with Crippen LogP contribution in [0.25, 0.3) is 0 Å². The Balaban J connectivity index is 1.91. The number of halogens is 1. The minimum absolute atomic E-state index is 0.0641. The van der Waals surface area contributed by atoms with E-state index in [9.17, 15) is 13.2 Å². The van der Waals surface area contributed by atoms with Gasteiger partial charge in [-0.25, -0.2) is 8.42 Å². The average Bonchev–Trinajstić information content (AvgIpc) is 2.66. The van der Waals surface area contributed by atoms with Crippen molar-refractivity contribution in [3.63, 3.8) is 0 Å². The van der Waals surface area contributed by atoms with Crippen molar-refractivity contribution in [2.24, 2.45) is 5.41 Å². The summed E-state index contributed by atoms with van der Waals surface area (Å²) >= 11 is 5.80. The topological polar surface area (TPSA) is 75.7 Å². The van der Waals surface area contributed by atoms with E-state index in [4.69, 9.17) is 16.3 Å². The number of carbonyl (C=O) groups excluding carboxylic acids is 1. The Kier molecular flexibility index (Phi) is 4.62. The second-order valence-electron chi connectivity index (χ2n) is 6.78. The molecule has 6 nitrogen and oxygen atoms in total. The molecule has 1 N–H and O–H groups in total. The Labute approximate surface area is 157 Å². The van der Waals surface area contributed by atoms with Gasteiger partial charge in [0.15, 0.2) is 0 Å². The van der Waals surface area contributed by atoms with Gasteiger partial charge >= 0.3 is 0 Å². The predicted octanol–water partition coefficient (Wildman–Crippen LogP) is 3.52. The molecular weight excluding hydrogens is 376 g/mol. The van der Waals surface area contributed by atoms with Crippen molar-refractivity contribution in [2.45, 2.75) is 18.7 Å². The molecule has 0 aliphatic carbocycles. The second-order valence-corrected chi connectivity index (χ2v) is 8.90. The third kappa shape index (κ3) is 3.50. The number of carbonyl (C=O) groups is 1. The monoisotopic (exact) mass is 394 g/mol. The molecule has 0 saturated heterocycles. The Bertz CT molecular complexity index is 956. The maximum atomic E-state index is 12.5. The maximum Gasteiger partial charge on any atom is 0.261 e. The van der Waals surface area contributed by atoms with Gasteiger partial charge in [-0.3, -0.25) is 9.52 Å². The molecule has 0 aromatic heterocycles. The summed E-state index contributed by atoms with van der Waals surface area (Å²) in [6, 6.07) is 10.7. The highest BCUT2D eigenvalue weighted by Crippen LogP contribution is 2.37. The number of nitrogens with zero attached hydrogens (tertiary/aromatic N) is 1. The highest BCUT2D eigenvalue weighted by molar-refractivity contribution is 7.92. The first-order valence-electron chi connectivity index (χ1n) is 7.93. The van der Waals surface area contributed by atoms with Crippen LogP contribution in [-0.4, -0.2) is 28.0 Å². The third-order valence-corrected chi connectivity index (χ3v) is 5.82. The van der Waals surface area contributed by atoms with Crippen LogP contribution in [0.1, 0.15) is 13.8 Å². The number of hydrogen-bond acceptors (Lipinski definition) is 4. The van der Waals surface area contributed by atoms with Gasteiger partial charge in [0.25, 0.3) is 10.0 Å². The quantitative estimate of drug-likeness (QED) is 0.864. The molecule has 8 heteroatoms. The molecule has 1 aliphatic rings. The van der Waals surface area contributed by atoms with Gasteiger partial charge in [-0.1, -0.05) is 11.6 Å². The van der Waals surface area contributed by atoms with E-state index in [0.717, 1.165) is 0 Å². The molecule has 0 fully saturated rings. The number of amides is 1. The summed E-state index contributed by atoms with van der Waals surface area (Å²) < 4.78 is 33.3. The number of nitrogens with one attached hydrogen (secondary N) is 1. The van der Waals surface area contributed by atoms with Crippen LogP contribution in [0.2, 0.25) is 5.02 Å². The van der Waals surface area contributed by atoms with Gasteiger partial charge in [0.05, 0.1) is 21.7 Å². The Morgan fingerprint density at radius 3 is 2.46 bits per heavy atom. The molecule has 0 unspecified atom stereocenters. The van der Waals surface area contributed by atoms with Crippen LogP contribution in [-0.2, 0) is 14.8 Å². The SMILES string of the molecule is CN1C(=O)C(C)(C)COc2cc(NS(=O)(=O)c3ccc(Cl)cc3)ccc21. The molecule has 1 aliphatic heterocycles. The van der Waals surface area contributed by atoms with Crippen LogP contribution in [0.15, 0.2) is 47.4 Å². The average molecular weight is 395 g/mol. The number of fused-ring (bicyclic) bond motifs is 1.